The first-order chi connectivity index (χ1) is 14.2. The first-order valence-corrected chi connectivity index (χ1v) is 9.86. The van der Waals surface area contributed by atoms with Crippen LogP contribution in [0.4, 0.5) is 0 Å². The summed E-state index contributed by atoms with van der Waals surface area (Å²) < 4.78 is 4.55. The smallest absolute Gasteiger partial charge is 0.293 e. The van der Waals surface area contributed by atoms with Gasteiger partial charge in [-0.15, -0.1) is 0 Å². The molecular formula is C24H23ClN2O3. The summed E-state index contributed by atoms with van der Waals surface area (Å²) in [5.41, 5.74) is 3.97. The number of nitrogens with one attached hydrogen (secondary N) is 1. The molecule has 154 valence electrons. The molecule has 0 saturated heterocycles. The molecule has 0 aliphatic heterocycles. The van der Waals surface area contributed by atoms with Crippen LogP contribution in [-0.4, -0.2) is 27.8 Å². The summed E-state index contributed by atoms with van der Waals surface area (Å²) in [5.74, 6) is 0.0556. The Morgan fingerprint density at radius 2 is 1.80 bits per heavy atom. The third-order valence-electron chi connectivity index (χ3n) is 4.40. The molecule has 0 spiro atoms. The van der Waals surface area contributed by atoms with Crippen molar-refractivity contribution < 1.29 is 14.3 Å². The largest absolute Gasteiger partial charge is 0.462 e. The number of hydrogen-bond donors (Lipinski definition) is 1. The number of aromatic nitrogens is 2. The van der Waals surface area contributed by atoms with Crippen LogP contribution in [0.3, 0.4) is 0 Å². The van der Waals surface area contributed by atoms with Crippen molar-refractivity contribution in [2.24, 2.45) is 0 Å². The van der Waals surface area contributed by atoms with E-state index in [2.05, 4.69) is 14.7 Å². The summed E-state index contributed by atoms with van der Waals surface area (Å²) >= 11 is 6.36. The Morgan fingerprint density at radius 3 is 2.43 bits per heavy atom. The number of nitrogens with zero attached hydrogens (tertiary/aromatic N) is 1. The number of carbonyl (C=O) groups excluding carboxylic acids is 2. The highest BCUT2D eigenvalue weighted by Gasteiger charge is 2.11. The average Bonchev–Trinajstić information content (AvgIpc) is 3.10. The molecule has 4 rings (SSSR count). The third kappa shape index (κ3) is 5.05. The summed E-state index contributed by atoms with van der Waals surface area (Å²) in [7, 11) is 0. The van der Waals surface area contributed by atoms with E-state index in [1.165, 1.54) is 0 Å². The molecule has 30 heavy (non-hydrogen) atoms. The average molecular weight is 423 g/mol. The topological polar surface area (TPSA) is 72.1 Å². The lowest BCUT2D eigenvalue weighted by molar-refractivity contribution is -0.138. The molecule has 0 fully saturated rings. The second-order valence-corrected chi connectivity index (χ2v) is 8.25. The zero-order chi connectivity index (χ0) is 21.9. The molecule has 2 aromatic carbocycles. The van der Waals surface area contributed by atoms with Crippen LogP contribution in [0.2, 0.25) is 5.15 Å². The van der Waals surface area contributed by atoms with E-state index in [9.17, 15) is 9.59 Å². The van der Waals surface area contributed by atoms with Crippen molar-refractivity contribution in [3.63, 3.8) is 0 Å². The molecule has 2 heterocycles. The Kier molecular flexibility index (Phi) is 6.22. The van der Waals surface area contributed by atoms with Crippen molar-refractivity contribution in [2.75, 3.05) is 0 Å². The number of pyridine rings is 1. The molecular weight excluding hydrogens is 400 g/mol. The van der Waals surface area contributed by atoms with Gasteiger partial charge in [0.1, 0.15) is 10.8 Å². The molecule has 2 aromatic heterocycles. The number of carbonyl (C=O) groups is 2. The van der Waals surface area contributed by atoms with Gasteiger partial charge in [-0.25, -0.2) is 4.98 Å². The molecule has 0 amide bonds. The fourth-order valence-corrected chi connectivity index (χ4v) is 3.17. The van der Waals surface area contributed by atoms with Crippen LogP contribution < -0.4 is 0 Å². The van der Waals surface area contributed by atoms with Crippen molar-refractivity contribution in [3.05, 3.63) is 65.3 Å². The van der Waals surface area contributed by atoms with Gasteiger partial charge in [-0.3, -0.25) is 9.59 Å². The van der Waals surface area contributed by atoms with E-state index in [-0.39, 0.29) is 11.4 Å². The van der Waals surface area contributed by atoms with Gasteiger partial charge in [-0.05, 0) is 64.1 Å². The maximum atomic E-state index is 11.5. The third-order valence-corrected chi connectivity index (χ3v) is 4.68. The monoisotopic (exact) mass is 422 g/mol. The predicted octanol–water partition coefficient (Wildman–Crippen LogP) is 6.20. The fourth-order valence-electron chi connectivity index (χ4n) is 2.92. The minimum absolute atomic E-state index is 0.0556. The van der Waals surface area contributed by atoms with Gasteiger partial charge in [0.15, 0.2) is 5.78 Å². The Hall–Kier alpha value is -3.18. The van der Waals surface area contributed by atoms with E-state index in [4.69, 9.17) is 11.6 Å². The van der Waals surface area contributed by atoms with Crippen molar-refractivity contribution in [1.29, 1.82) is 0 Å². The number of fused-ring (bicyclic) bond motifs is 2. The zero-order valence-electron chi connectivity index (χ0n) is 17.3. The van der Waals surface area contributed by atoms with Gasteiger partial charge in [0.2, 0.25) is 0 Å². The summed E-state index contributed by atoms with van der Waals surface area (Å²) in [6, 6.07) is 17.5. The molecule has 0 aliphatic rings. The second kappa shape index (κ2) is 8.67. The van der Waals surface area contributed by atoms with Gasteiger partial charge < -0.3 is 9.72 Å². The Labute approximate surface area is 180 Å². The van der Waals surface area contributed by atoms with Crippen molar-refractivity contribution >= 4 is 45.7 Å². The van der Waals surface area contributed by atoms with Gasteiger partial charge in [-0.1, -0.05) is 29.8 Å². The maximum Gasteiger partial charge on any atom is 0.293 e. The van der Waals surface area contributed by atoms with E-state index in [0.29, 0.717) is 17.2 Å². The van der Waals surface area contributed by atoms with Gasteiger partial charge in [0, 0.05) is 33.1 Å². The normalized spacial score (nSPS) is 11.1. The van der Waals surface area contributed by atoms with Crippen molar-refractivity contribution in [3.8, 4) is 11.3 Å². The molecule has 0 bridgehead atoms. The van der Waals surface area contributed by atoms with E-state index >= 15 is 0 Å². The number of ketones is 1. The highest BCUT2D eigenvalue weighted by molar-refractivity contribution is 6.32. The number of para-hydroxylation sites is 1. The van der Waals surface area contributed by atoms with E-state index in [1.54, 1.807) is 6.92 Å². The van der Waals surface area contributed by atoms with Crippen LogP contribution in [0.5, 0.6) is 0 Å². The number of hydrogen-bond acceptors (Lipinski definition) is 4. The minimum Gasteiger partial charge on any atom is -0.462 e. The number of Topliss-reactive ketones (excluding diaryl/α,β-unsaturated/α-hetero) is 1. The number of halogens is 1. The summed E-state index contributed by atoms with van der Waals surface area (Å²) in [6.07, 6.45) is 0. The molecule has 0 saturated carbocycles. The van der Waals surface area contributed by atoms with Gasteiger partial charge >= 0.3 is 0 Å². The number of H-pyrrole nitrogens is 1. The lowest BCUT2D eigenvalue weighted by Gasteiger charge is -2.14. The lowest BCUT2D eigenvalue weighted by Crippen LogP contribution is -2.17. The number of aromatic amines is 1. The molecule has 4 aromatic rings. The van der Waals surface area contributed by atoms with E-state index in [0.717, 1.165) is 33.1 Å². The zero-order valence-corrected chi connectivity index (χ0v) is 18.1. The number of ether oxygens (including phenoxy) is 1. The van der Waals surface area contributed by atoms with Crippen LogP contribution in [0.1, 0.15) is 38.1 Å². The minimum atomic E-state index is -0.318. The van der Waals surface area contributed by atoms with Crippen LogP contribution in [0.15, 0.2) is 54.6 Å². The van der Waals surface area contributed by atoms with E-state index < -0.39 is 0 Å². The summed E-state index contributed by atoms with van der Waals surface area (Å²) in [4.78, 5) is 28.9. The highest BCUT2D eigenvalue weighted by Crippen LogP contribution is 2.31. The van der Waals surface area contributed by atoms with Crippen molar-refractivity contribution in [1.82, 2.24) is 9.97 Å². The number of benzene rings is 2. The van der Waals surface area contributed by atoms with Gasteiger partial charge in [0.05, 0.1) is 5.52 Å². The molecule has 0 radical (unpaired) electrons. The highest BCUT2D eigenvalue weighted by atomic mass is 35.5. The number of rotatable bonds is 3. The molecule has 6 heteroatoms. The predicted molar refractivity (Wildman–Crippen MR) is 121 cm³/mol. The SMILES string of the molecule is CC(=O)c1ccc2[nH]c(-c3cc4ccccc4nc3Cl)cc2c1.CC(C)(C)OC=O. The second-order valence-electron chi connectivity index (χ2n) is 7.89. The van der Waals surface area contributed by atoms with Crippen LogP contribution in [-0.2, 0) is 9.53 Å². The van der Waals surface area contributed by atoms with Gasteiger partial charge in [0.25, 0.3) is 6.47 Å². The summed E-state index contributed by atoms with van der Waals surface area (Å²) in [6.45, 7) is 7.49. The maximum absolute atomic E-state index is 11.5. The molecule has 0 atom stereocenters. The first-order valence-electron chi connectivity index (χ1n) is 9.49. The van der Waals surface area contributed by atoms with Crippen LogP contribution in [0.25, 0.3) is 33.1 Å². The van der Waals surface area contributed by atoms with Crippen molar-refractivity contribution in [2.45, 2.75) is 33.3 Å². The first kappa shape index (κ1) is 21.5. The van der Waals surface area contributed by atoms with Gasteiger partial charge in [-0.2, -0.15) is 0 Å². The molecule has 1 N–H and O–H groups in total. The van der Waals surface area contributed by atoms with Crippen LogP contribution in [0, 0.1) is 0 Å². The molecule has 0 unspecified atom stereocenters. The Bertz CT molecular complexity index is 1220. The lowest BCUT2D eigenvalue weighted by atomic mass is 10.1. The fraction of sp³-hybridized carbons (Fsp3) is 0.208. The Balaban J connectivity index is 0.000000318. The van der Waals surface area contributed by atoms with Crippen LogP contribution >= 0.6 is 11.6 Å². The molecule has 5 nitrogen and oxygen atoms in total. The summed E-state index contributed by atoms with van der Waals surface area (Å²) in [5, 5.41) is 2.48. The van der Waals surface area contributed by atoms with E-state index in [1.807, 2.05) is 75.4 Å². The quantitative estimate of drug-likeness (QED) is 0.242. The standard InChI is InChI=1S/C19H13ClN2O.C5H10O2/c1-11(23)12-6-7-17-14(8-12)10-18(21-17)15-9-13-4-2-3-5-16(13)22-19(15)20;1-5(2,3)7-4-6/h2-10,21H,1H3;4H,1-3H3. The Morgan fingerprint density at radius 1 is 1.07 bits per heavy atom. The molecule has 0 aliphatic carbocycles.